The Morgan fingerprint density at radius 1 is 1.44 bits per heavy atom. The Labute approximate surface area is 112 Å². The SMILES string of the molecule is CSc1nccnc1CN(C)C(=O)[C@@H](N)C(C)C. The predicted molar refractivity (Wildman–Crippen MR) is 73.1 cm³/mol. The van der Waals surface area contributed by atoms with Gasteiger partial charge in [0.1, 0.15) is 5.03 Å². The quantitative estimate of drug-likeness (QED) is 0.811. The zero-order chi connectivity index (χ0) is 13.7. The van der Waals surface area contributed by atoms with E-state index in [0.717, 1.165) is 10.7 Å². The highest BCUT2D eigenvalue weighted by Crippen LogP contribution is 2.16. The maximum Gasteiger partial charge on any atom is 0.239 e. The number of carbonyl (C=O) groups is 1. The molecule has 0 fully saturated rings. The number of amides is 1. The van der Waals surface area contributed by atoms with Crippen molar-refractivity contribution in [1.82, 2.24) is 14.9 Å². The lowest BCUT2D eigenvalue weighted by molar-refractivity contribution is -0.132. The molecule has 2 N–H and O–H groups in total. The maximum atomic E-state index is 12.0. The van der Waals surface area contributed by atoms with Gasteiger partial charge in [-0.2, -0.15) is 0 Å². The van der Waals surface area contributed by atoms with E-state index in [1.165, 1.54) is 11.8 Å². The van der Waals surface area contributed by atoms with E-state index >= 15 is 0 Å². The lowest BCUT2D eigenvalue weighted by atomic mass is 10.0. The molecule has 0 aliphatic carbocycles. The molecule has 0 aliphatic heterocycles. The zero-order valence-corrected chi connectivity index (χ0v) is 12.1. The number of hydrogen-bond acceptors (Lipinski definition) is 5. The van der Waals surface area contributed by atoms with E-state index < -0.39 is 6.04 Å². The third-order valence-corrected chi connectivity index (χ3v) is 3.42. The Balaban J connectivity index is 2.75. The van der Waals surface area contributed by atoms with Crippen LogP contribution in [0.3, 0.4) is 0 Å². The van der Waals surface area contributed by atoms with Crippen molar-refractivity contribution in [2.45, 2.75) is 31.5 Å². The van der Waals surface area contributed by atoms with Gasteiger partial charge in [0.25, 0.3) is 0 Å². The summed E-state index contributed by atoms with van der Waals surface area (Å²) in [5.41, 5.74) is 6.66. The van der Waals surface area contributed by atoms with Crippen LogP contribution < -0.4 is 5.73 Å². The lowest BCUT2D eigenvalue weighted by Crippen LogP contribution is -2.44. The van der Waals surface area contributed by atoms with Crippen molar-refractivity contribution < 1.29 is 4.79 Å². The van der Waals surface area contributed by atoms with E-state index in [-0.39, 0.29) is 11.8 Å². The van der Waals surface area contributed by atoms with Crippen LogP contribution >= 0.6 is 11.8 Å². The average Bonchev–Trinajstić information content (AvgIpc) is 2.37. The number of likely N-dealkylation sites (N-methyl/N-ethyl adjacent to an activating group) is 1. The molecule has 1 rings (SSSR count). The van der Waals surface area contributed by atoms with E-state index in [4.69, 9.17) is 5.73 Å². The molecule has 1 heterocycles. The molecule has 5 nitrogen and oxygen atoms in total. The summed E-state index contributed by atoms with van der Waals surface area (Å²) in [5, 5.41) is 0.843. The minimum Gasteiger partial charge on any atom is -0.338 e. The summed E-state index contributed by atoms with van der Waals surface area (Å²) in [6, 6.07) is -0.468. The van der Waals surface area contributed by atoms with Gasteiger partial charge in [-0.05, 0) is 12.2 Å². The molecule has 18 heavy (non-hydrogen) atoms. The largest absolute Gasteiger partial charge is 0.338 e. The first-order valence-corrected chi connectivity index (χ1v) is 7.04. The van der Waals surface area contributed by atoms with Crippen molar-refractivity contribution in [2.75, 3.05) is 13.3 Å². The number of rotatable bonds is 5. The summed E-state index contributed by atoms with van der Waals surface area (Å²) in [7, 11) is 1.74. The molecule has 1 aromatic heterocycles. The molecule has 0 spiro atoms. The molecular formula is C12H20N4OS. The van der Waals surface area contributed by atoms with Crippen LogP contribution in [-0.2, 0) is 11.3 Å². The van der Waals surface area contributed by atoms with Crippen molar-refractivity contribution in [2.24, 2.45) is 11.7 Å². The molecule has 0 saturated heterocycles. The highest BCUT2D eigenvalue weighted by atomic mass is 32.2. The number of carbonyl (C=O) groups excluding carboxylic acids is 1. The van der Waals surface area contributed by atoms with Crippen LogP contribution in [0.2, 0.25) is 0 Å². The minimum atomic E-state index is -0.468. The molecule has 1 amide bonds. The van der Waals surface area contributed by atoms with Crippen LogP contribution in [0.15, 0.2) is 17.4 Å². The third kappa shape index (κ3) is 3.68. The number of thioether (sulfide) groups is 1. The molecule has 0 unspecified atom stereocenters. The molecule has 1 atom stereocenters. The van der Waals surface area contributed by atoms with Gasteiger partial charge in [-0.15, -0.1) is 11.8 Å². The zero-order valence-electron chi connectivity index (χ0n) is 11.3. The normalized spacial score (nSPS) is 12.6. The summed E-state index contributed by atoms with van der Waals surface area (Å²) in [6.45, 7) is 4.31. The molecule has 6 heteroatoms. The highest BCUT2D eigenvalue weighted by Gasteiger charge is 2.22. The number of hydrogen-bond donors (Lipinski definition) is 1. The minimum absolute atomic E-state index is 0.0669. The molecular weight excluding hydrogens is 248 g/mol. The van der Waals surface area contributed by atoms with Gasteiger partial charge in [0.05, 0.1) is 18.3 Å². The summed E-state index contributed by atoms with van der Waals surface area (Å²) < 4.78 is 0. The second kappa shape index (κ2) is 6.70. The van der Waals surface area contributed by atoms with Crippen LogP contribution in [0.25, 0.3) is 0 Å². The van der Waals surface area contributed by atoms with E-state index in [0.29, 0.717) is 6.54 Å². The van der Waals surface area contributed by atoms with Gasteiger partial charge in [0, 0.05) is 19.4 Å². The fourth-order valence-corrected chi connectivity index (χ4v) is 1.99. The smallest absolute Gasteiger partial charge is 0.239 e. The van der Waals surface area contributed by atoms with Gasteiger partial charge in [-0.1, -0.05) is 13.8 Å². The van der Waals surface area contributed by atoms with Crippen LogP contribution in [0.5, 0.6) is 0 Å². The van der Waals surface area contributed by atoms with Crippen molar-refractivity contribution in [3.63, 3.8) is 0 Å². The van der Waals surface area contributed by atoms with Crippen molar-refractivity contribution in [1.29, 1.82) is 0 Å². The average molecular weight is 268 g/mol. The number of nitrogens with zero attached hydrogens (tertiary/aromatic N) is 3. The van der Waals surface area contributed by atoms with E-state index in [1.807, 2.05) is 20.1 Å². The molecule has 100 valence electrons. The van der Waals surface area contributed by atoms with E-state index in [1.54, 1.807) is 24.3 Å². The Hall–Kier alpha value is -1.14. The van der Waals surface area contributed by atoms with E-state index in [9.17, 15) is 4.79 Å². The van der Waals surface area contributed by atoms with Crippen molar-refractivity contribution >= 4 is 17.7 Å². The number of aromatic nitrogens is 2. The molecule has 0 aliphatic rings. The Bertz CT molecular complexity index is 411. The topological polar surface area (TPSA) is 72.1 Å². The highest BCUT2D eigenvalue weighted by molar-refractivity contribution is 7.98. The van der Waals surface area contributed by atoms with Gasteiger partial charge < -0.3 is 10.6 Å². The first-order valence-electron chi connectivity index (χ1n) is 5.81. The third-order valence-electron chi connectivity index (χ3n) is 2.70. The standard InChI is InChI=1S/C12H20N4OS/c1-8(2)10(13)12(17)16(3)7-9-11(18-4)15-6-5-14-9/h5-6,8,10H,7,13H2,1-4H3/t10-/m0/s1. The first-order chi connectivity index (χ1) is 8.47. The van der Waals surface area contributed by atoms with Crippen LogP contribution in [0.4, 0.5) is 0 Å². The van der Waals surface area contributed by atoms with Crippen LogP contribution in [0.1, 0.15) is 19.5 Å². The second-order valence-corrected chi connectivity index (χ2v) is 5.27. The molecule has 1 aromatic rings. The number of nitrogens with two attached hydrogens (primary N) is 1. The molecule has 0 bridgehead atoms. The monoisotopic (exact) mass is 268 g/mol. The molecule has 0 saturated carbocycles. The predicted octanol–water partition coefficient (Wildman–Crippen LogP) is 1.14. The second-order valence-electron chi connectivity index (χ2n) is 4.48. The fraction of sp³-hybridized carbons (Fsp3) is 0.583. The van der Waals surface area contributed by atoms with E-state index in [2.05, 4.69) is 9.97 Å². The molecule has 0 aromatic carbocycles. The summed E-state index contributed by atoms with van der Waals surface area (Å²) in [4.78, 5) is 22.1. The van der Waals surface area contributed by atoms with Gasteiger partial charge >= 0.3 is 0 Å². The Morgan fingerprint density at radius 3 is 2.61 bits per heavy atom. The Morgan fingerprint density at radius 2 is 2.06 bits per heavy atom. The lowest BCUT2D eigenvalue weighted by Gasteiger charge is -2.23. The fourth-order valence-electron chi connectivity index (χ4n) is 1.48. The van der Waals surface area contributed by atoms with Crippen molar-refractivity contribution in [3.05, 3.63) is 18.1 Å². The van der Waals surface area contributed by atoms with Crippen molar-refractivity contribution in [3.8, 4) is 0 Å². The summed E-state index contributed by atoms with van der Waals surface area (Å²) in [6.07, 6.45) is 5.22. The summed E-state index contributed by atoms with van der Waals surface area (Å²) in [5.74, 6) is 0.0598. The van der Waals surface area contributed by atoms with Gasteiger partial charge in [0.15, 0.2) is 0 Å². The van der Waals surface area contributed by atoms with Gasteiger partial charge in [-0.25, -0.2) is 4.98 Å². The Kier molecular flexibility index (Phi) is 5.55. The van der Waals surface area contributed by atoms with Gasteiger partial charge in [0.2, 0.25) is 5.91 Å². The summed E-state index contributed by atoms with van der Waals surface area (Å²) >= 11 is 1.52. The van der Waals surface area contributed by atoms with Crippen LogP contribution in [0, 0.1) is 5.92 Å². The maximum absolute atomic E-state index is 12.0. The van der Waals surface area contributed by atoms with Gasteiger partial charge in [-0.3, -0.25) is 9.78 Å². The van der Waals surface area contributed by atoms with Crippen LogP contribution in [-0.4, -0.2) is 40.1 Å². The molecule has 0 radical (unpaired) electrons. The first kappa shape index (κ1) is 14.9.